The number of carbonyl (C=O) groups excluding carboxylic acids is 7. The van der Waals surface area contributed by atoms with Gasteiger partial charge in [0, 0.05) is 67.1 Å². The molecule has 1 aromatic rings. The van der Waals surface area contributed by atoms with Crippen molar-refractivity contribution in [2.24, 2.45) is 34.7 Å². The fourth-order valence-electron chi connectivity index (χ4n) is 9.44. The summed E-state index contributed by atoms with van der Waals surface area (Å²) in [6.07, 6.45) is 2.84. The number of nitrogens with one attached hydrogen (secondary N) is 3. The highest BCUT2D eigenvalue weighted by Gasteiger charge is 2.43. The molecule has 1 heterocycles. The first-order valence-electron chi connectivity index (χ1n) is 24.6. The van der Waals surface area contributed by atoms with E-state index in [4.69, 9.17) is 9.47 Å². The third kappa shape index (κ3) is 17.3. The van der Waals surface area contributed by atoms with E-state index in [9.17, 15) is 33.6 Å². The minimum atomic E-state index is -0.784. The van der Waals surface area contributed by atoms with E-state index in [1.54, 1.807) is 38.0 Å². The van der Waals surface area contributed by atoms with Gasteiger partial charge in [-0.1, -0.05) is 98.6 Å². The summed E-state index contributed by atoms with van der Waals surface area (Å²) in [5, 5.41) is 10.6. The fraction of sp³-hybridized carbons (Fsp3) is 0.725. The van der Waals surface area contributed by atoms with Gasteiger partial charge in [-0.25, -0.2) is 5.43 Å². The van der Waals surface area contributed by atoms with Gasteiger partial charge in [-0.05, 0) is 63.1 Å². The normalized spacial score (nSPS) is 17.7. The van der Waals surface area contributed by atoms with Gasteiger partial charge in [0.15, 0.2) is 0 Å². The summed E-state index contributed by atoms with van der Waals surface area (Å²) in [4.78, 5) is 98.8. The average molecular weight is 955 g/mol. The van der Waals surface area contributed by atoms with Gasteiger partial charge in [0.2, 0.25) is 41.4 Å². The lowest BCUT2D eigenvalue weighted by molar-refractivity contribution is -0.148. The number of amides is 7. The molecular weight excluding hydrogens is 869 g/mol. The Morgan fingerprint density at radius 2 is 1.47 bits per heavy atom. The lowest BCUT2D eigenvalue weighted by Crippen LogP contribution is -2.59. The number of benzene rings is 1. The number of ether oxygens (including phenoxy) is 2. The third-order valence-corrected chi connectivity index (χ3v) is 13.4. The van der Waals surface area contributed by atoms with Crippen LogP contribution in [-0.2, 0) is 43.0 Å². The molecular formula is C51H86N8O9. The summed E-state index contributed by atoms with van der Waals surface area (Å²) in [6, 6.07) is 7.35. The molecule has 1 aliphatic rings. The van der Waals surface area contributed by atoms with Crippen molar-refractivity contribution >= 4 is 47.1 Å². The van der Waals surface area contributed by atoms with E-state index < -0.39 is 36.3 Å². The molecule has 9 atom stereocenters. The van der Waals surface area contributed by atoms with Crippen LogP contribution in [0, 0.1) is 29.6 Å². The van der Waals surface area contributed by atoms with Crippen LogP contribution >= 0.6 is 0 Å². The standard InChI is InChI=1S/C51H86N8O9/c1-16-34(6)47(57(13)51(66)44(32(2)3)53-50(65)46(33(4)5)56(11)12)41(67-14)30-43(63)59-29-23-26-40(59)48(68-15)36(8)49(64)52-31-35(7)45(39-24-19-17-20-25-39)55-54-42(62)27-21-18-22-28-58(37(9)60)38(10)61/h17,19-20,24-25,32-36,40-41,44,46-48H,16,18,21-23,26-31H2,1-15H3,(H,52,64)(H,53,65)(H,54,62)/b55-45-/t34?,35?,36?,40?,41?,44-,46?,47?,48?/m0/s1. The van der Waals surface area contributed by atoms with Crippen LogP contribution in [0.4, 0.5) is 0 Å². The van der Waals surface area contributed by atoms with Crippen molar-refractivity contribution in [2.45, 2.75) is 157 Å². The van der Waals surface area contributed by atoms with E-state index in [0.717, 1.165) is 18.4 Å². The zero-order chi connectivity index (χ0) is 51.4. The van der Waals surface area contributed by atoms with E-state index in [1.807, 2.05) is 97.8 Å². The Morgan fingerprint density at radius 3 is 2.00 bits per heavy atom. The summed E-state index contributed by atoms with van der Waals surface area (Å²) in [5.41, 5.74) is 4.05. The molecule has 0 spiro atoms. The summed E-state index contributed by atoms with van der Waals surface area (Å²) < 4.78 is 12.1. The second kappa shape index (κ2) is 29.3. The van der Waals surface area contributed by atoms with Crippen LogP contribution in [0.3, 0.4) is 0 Å². The average Bonchev–Trinajstić information content (AvgIpc) is 3.77. The van der Waals surface area contributed by atoms with Gasteiger partial charge >= 0.3 is 0 Å². The second-order valence-electron chi connectivity index (χ2n) is 19.5. The predicted molar refractivity (Wildman–Crippen MR) is 265 cm³/mol. The van der Waals surface area contributed by atoms with E-state index in [2.05, 4.69) is 21.2 Å². The van der Waals surface area contributed by atoms with Gasteiger partial charge in [-0.2, -0.15) is 5.10 Å². The monoisotopic (exact) mass is 955 g/mol. The van der Waals surface area contributed by atoms with Crippen LogP contribution in [0.1, 0.15) is 126 Å². The minimum Gasteiger partial charge on any atom is -0.379 e. The van der Waals surface area contributed by atoms with Crippen molar-refractivity contribution in [2.75, 3.05) is 55.0 Å². The number of hydrazone groups is 1. The fourth-order valence-corrected chi connectivity index (χ4v) is 9.44. The molecule has 1 fully saturated rings. The van der Waals surface area contributed by atoms with E-state index >= 15 is 0 Å². The summed E-state index contributed by atoms with van der Waals surface area (Å²) in [6.45, 7) is 19.3. The van der Waals surface area contributed by atoms with Crippen molar-refractivity contribution < 1.29 is 43.0 Å². The molecule has 7 amide bonds. The lowest BCUT2D eigenvalue weighted by Gasteiger charge is -2.41. The number of likely N-dealkylation sites (tertiary alicyclic amines) is 1. The first-order chi connectivity index (χ1) is 32.0. The van der Waals surface area contributed by atoms with Gasteiger partial charge in [0.25, 0.3) is 0 Å². The molecule has 8 unspecified atom stereocenters. The minimum absolute atomic E-state index is 0.00202. The van der Waals surface area contributed by atoms with Crippen molar-refractivity contribution in [3.63, 3.8) is 0 Å². The number of hydrogen-bond donors (Lipinski definition) is 3. The first-order valence-corrected chi connectivity index (χ1v) is 24.6. The maximum Gasteiger partial charge on any atom is 0.245 e. The first kappa shape index (κ1) is 59.4. The topological polar surface area (TPSA) is 199 Å². The Bertz CT molecular complexity index is 1800. The molecule has 68 heavy (non-hydrogen) atoms. The largest absolute Gasteiger partial charge is 0.379 e. The van der Waals surface area contributed by atoms with Crippen molar-refractivity contribution in [1.82, 2.24) is 35.7 Å². The Labute approximate surface area is 407 Å². The third-order valence-electron chi connectivity index (χ3n) is 13.4. The number of methoxy groups -OCH3 is 2. The summed E-state index contributed by atoms with van der Waals surface area (Å²) >= 11 is 0. The number of carbonyl (C=O) groups is 7. The maximum absolute atomic E-state index is 14.4. The maximum atomic E-state index is 14.4. The molecule has 1 aliphatic heterocycles. The van der Waals surface area contributed by atoms with E-state index in [1.165, 1.54) is 18.7 Å². The number of rotatable bonds is 28. The molecule has 17 heteroatoms. The number of hydrogen-bond acceptors (Lipinski definition) is 11. The lowest BCUT2D eigenvalue weighted by atomic mass is 9.89. The Morgan fingerprint density at radius 1 is 0.838 bits per heavy atom. The zero-order valence-electron chi connectivity index (χ0n) is 43.9. The van der Waals surface area contributed by atoms with Crippen molar-refractivity contribution in [1.29, 1.82) is 0 Å². The molecule has 3 N–H and O–H groups in total. The summed E-state index contributed by atoms with van der Waals surface area (Å²) in [7, 11) is 8.54. The van der Waals surface area contributed by atoms with Gasteiger partial charge < -0.3 is 29.9 Å². The summed E-state index contributed by atoms with van der Waals surface area (Å²) in [5.74, 6) is -2.91. The van der Waals surface area contributed by atoms with Crippen molar-refractivity contribution in [3.05, 3.63) is 35.9 Å². The molecule has 2 rings (SSSR count). The van der Waals surface area contributed by atoms with Crippen LogP contribution in [-0.4, -0.2) is 158 Å². The van der Waals surface area contributed by atoms with Crippen LogP contribution in [0.25, 0.3) is 0 Å². The molecule has 0 bridgehead atoms. The number of unbranched alkanes of at least 4 members (excludes halogenated alkanes) is 2. The number of nitrogens with zero attached hydrogens (tertiary/aromatic N) is 5. The molecule has 1 aromatic carbocycles. The van der Waals surface area contributed by atoms with Gasteiger partial charge in [0.05, 0.1) is 48.4 Å². The van der Waals surface area contributed by atoms with Crippen LogP contribution in [0.2, 0.25) is 0 Å². The van der Waals surface area contributed by atoms with E-state index in [0.29, 0.717) is 44.5 Å². The molecule has 0 aliphatic carbocycles. The molecule has 1 saturated heterocycles. The van der Waals surface area contributed by atoms with Gasteiger partial charge in [0.1, 0.15) is 6.04 Å². The number of imide groups is 1. The molecule has 0 radical (unpaired) electrons. The Balaban J connectivity index is 2.19. The second-order valence-corrected chi connectivity index (χ2v) is 19.5. The molecule has 0 aromatic heterocycles. The highest BCUT2D eigenvalue weighted by atomic mass is 16.5. The molecule has 17 nitrogen and oxygen atoms in total. The van der Waals surface area contributed by atoms with Crippen LogP contribution in [0.5, 0.6) is 0 Å². The Kier molecular flexibility index (Phi) is 25.6. The van der Waals surface area contributed by atoms with Gasteiger partial charge in [-0.3, -0.25) is 43.4 Å². The van der Waals surface area contributed by atoms with Crippen LogP contribution < -0.4 is 16.1 Å². The van der Waals surface area contributed by atoms with Gasteiger partial charge in [-0.15, -0.1) is 0 Å². The molecule has 0 saturated carbocycles. The van der Waals surface area contributed by atoms with Crippen molar-refractivity contribution in [3.8, 4) is 0 Å². The quantitative estimate of drug-likeness (QED) is 0.0593. The Hall–Kier alpha value is -4.74. The predicted octanol–water partition coefficient (Wildman–Crippen LogP) is 4.86. The smallest absolute Gasteiger partial charge is 0.245 e. The zero-order valence-corrected chi connectivity index (χ0v) is 43.9. The molecule has 384 valence electrons. The van der Waals surface area contributed by atoms with Crippen LogP contribution in [0.15, 0.2) is 35.4 Å². The highest BCUT2D eigenvalue weighted by molar-refractivity contribution is 6.03. The van der Waals surface area contributed by atoms with E-state index in [-0.39, 0.29) is 90.5 Å². The highest BCUT2D eigenvalue weighted by Crippen LogP contribution is 2.30. The number of likely N-dealkylation sites (N-methyl/N-ethyl adjacent to an activating group) is 2. The SMILES string of the molecule is CCC(C)C(C(CC(=O)N1CCCC1C(OC)C(C)C(=O)NCC(C)/C(=N/NC(=O)CCCCCN(C(C)=O)C(C)=O)c1ccccc1)OC)N(C)C(=O)[C@@H](NC(=O)C(C(C)C)N(C)C)C(C)C.